The van der Waals surface area contributed by atoms with Crippen LogP contribution in [0.15, 0.2) is 175 Å². The Morgan fingerprint density at radius 1 is 0.654 bits per heavy atom. The summed E-state index contributed by atoms with van der Waals surface area (Å²) in [7, 11) is -6.88. The highest BCUT2D eigenvalue weighted by Gasteiger charge is 2.45. The van der Waals surface area contributed by atoms with Crippen LogP contribution in [0, 0.1) is 13.8 Å². The molecule has 0 aliphatic rings. The Balaban J connectivity index is 1.54. The van der Waals surface area contributed by atoms with Gasteiger partial charge in [0.05, 0.1) is 17.6 Å². The molecule has 6 rings (SSSR count). The fourth-order valence-electron chi connectivity index (χ4n) is 5.68. The summed E-state index contributed by atoms with van der Waals surface area (Å²) in [6.07, 6.45) is -4.85. The van der Waals surface area contributed by atoms with Crippen LogP contribution in [-0.4, -0.2) is 21.3 Å². The second kappa shape index (κ2) is 15.0. The van der Waals surface area contributed by atoms with Gasteiger partial charge in [-0.05, 0) is 109 Å². The molecule has 0 fully saturated rings. The van der Waals surface area contributed by atoms with Crippen LogP contribution in [0.3, 0.4) is 0 Å². The van der Waals surface area contributed by atoms with Crippen LogP contribution in [0.5, 0.6) is 5.75 Å². The molecule has 0 bridgehead atoms. The molecule has 0 saturated heterocycles. The van der Waals surface area contributed by atoms with E-state index < -0.39 is 32.2 Å². The van der Waals surface area contributed by atoms with Crippen molar-refractivity contribution in [1.82, 2.24) is 0 Å². The number of methoxy groups -OCH3 is 1. The van der Waals surface area contributed by atoms with Crippen molar-refractivity contribution in [2.24, 2.45) is 0 Å². The highest BCUT2D eigenvalue weighted by Crippen LogP contribution is 2.72. The van der Waals surface area contributed by atoms with Crippen LogP contribution in [0.4, 0.5) is 13.2 Å². The predicted octanol–water partition coefficient (Wildman–Crippen LogP) is 11.3. The molecule has 0 amide bonds. The Kier molecular flexibility index (Phi) is 10.7. The summed E-state index contributed by atoms with van der Waals surface area (Å²) in [5.41, 5.74) is 1.63. The molecule has 1 atom stereocenters. The number of ketones is 1. The summed E-state index contributed by atoms with van der Waals surface area (Å²) in [5.74, 6) is 0.285. The molecule has 6 aromatic carbocycles. The van der Waals surface area contributed by atoms with Crippen LogP contribution in [0.2, 0.25) is 0 Å². The molecule has 6 aromatic rings. The van der Waals surface area contributed by atoms with Crippen molar-refractivity contribution in [2.75, 3.05) is 7.11 Å². The van der Waals surface area contributed by atoms with Gasteiger partial charge in [0.25, 0.3) is 0 Å². The molecule has 0 aliphatic carbocycles. The van der Waals surface area contributed by atoms with Gasteiger partial charge in [-0.15, -0.1) is 0 Å². The SMILES string of the molecule is COc1ccc(S(OS(=O)(=O)c2ccc(C)cc2)(c2ccc(Sc3cccc(C)c3C(=O)c3ccccc3)cc2)c2ccccc2C(F)(F)F)cc1. The zero-order valence-corrected chi connectivity index (χ0v) is 30.7. The summed E-state index contributed by atoms with van der Waals surface area (Å²) in [6, 6.07) is 38.1. The lowest BCUT2D eigenvalue weighted by Crippen LogP contribution is -2.18. The van der Waals surface area contributed by atoms with E-state index in [1.165, 1.54) is 61.3 Å². The number of halogens is 3. The Hall–Kier alpha value is -4.81. The number of ether oxygens (including phenoxy) is 1. The van der Waals surface area contributed by atoms with Gasteiger partial charge in [0.2, 0.25) is 0 Å². The van der Waals surface area contributed by atoms with Crippen LogP contribution < -0.4 is 4.74 Å². The number of benzene rings is 6. The molecule has 0 spiro atoms. The maximum Gasteiger partial charge on any atom is 0.417 e. The molecule has 0 aliphatic heterocycles. The zero-order valence-electron chi connectivity index (χ0n) is 28.3. The smallest absolute Gasteiger partial charge is 0.417 e. The van der Waals surface area contributed by atoms with E-state index in [0.717, 1.165) is 17.2 Å². The third-order valence-corrected chi connectivity index (χ3v) is 14.6. The van der Waals surface area contributed by atoms with Gasteiger partial charge in [0, 0.05) is 35.6 Å². The van der Waals surface area contributed by atoms with Crippen molar-refractivity contribution in [3.05, 3.63) is 173 Å². The largest absolute Gasteiger partial charge is 0.497 e. The first-order valence-electron chi connectivity index (χ1n) is 16.0. The van der Waals surface area contributed by atoms with Gasteiger partial charge in [-0.1, -0.05) is 84.1 Å². The fourth-order valence-corrected chi connectivity index (χ4v) is 12.1. The molecule has 266 valence electrons. The van der Waals surface area contributed by atoms with Crippen molar-refractivity contribution in [3.63, 3.8) is 0 Å². The Labute approximate surface area is 307 Å². The third-order valence-electron chi connectivity index (χ3n) is 8.28. The van der Waals surface area contributed by atoms with Crippen LogP contribution in [-0.2, 0) is 19.9 Å². The van der Waals surface area contributed by atoms with E-state index in [-0.39, 0.29) is 25.4 Å². The number of alkyl halides is 3. The average molecular weight is 759 g/mol. The number of rotatable bonds is 11. The normalized spacial score (nSPS) is 13.6. The lowest BCUT2D eigenvalue weighted by molar-refractivity contribution is -0.139. The molecule has 52 heavy (non-hydrogen) atoms. The lowest BCUT2D eigenvalue weighted by Gasteiger charge is -2.40. The van der Waals surface area contributed by atoms with Crippen molar-refractivity contribution in [3.8, 4) is 5.75 Å². The number of aryl methyl sites for hydroxylation is 2. The maximum absolute atomic E-state index is 14.9. The molecule has 0 N–H and O–H groups in total. The number of carbonyl (C=O) groups excluding carboxylic acids is 1. The second-order valence-electron chi connectivity index (χ2n) is 11.8. The van der Waals surface area contributed by atoms with Gasteiger partial charge >= 0.3 is 16.3 Å². The molecular formula is C41H33F3O5S3. The summed E-state index contributed by atoms with van der Waals surface area (Å²) in [6.45, 7) is 3.65. The van der Waals surface area contributed by atoms with Gasteiger partial charge in [-0.25, -0.2) is 3.63 Å². The highest BCUT2D eigenvalue weighted by molar-refractivity contribution is 8.33. The van der Waals surface area contributed by atoms with E-state index in [0.29, 0.717) is 26.7 Å². The van der Waals surface area contributed by atoms with E-state index in [4.69, 9.17) is 8.37 Å². The van der Waals surface area contributed by atoms with Crippen molar-refractivity contribution < 1.29 is 34.7 Å². The number of hydrogen-bond acceptors (Lipinski definition) is 6. The molecule has 0 aromatic heterocycles. The van der Waals surface area contributed by atoms with E-state index in [1.54, 1.807) is 79.7 Å². The molecule has 1 unspecified atom stereocenters. The van der Waals surface area contributed by atoms with E-state index in [2.05, 4.69) is 0 Å². The van der Waals surface area contributed by atoms with Crippen LogP contribution >= 0.6 is 22.1 Å². The first-order valence-corrected chi connectivity index (χ1v) is 19.8. The van der Waals surface area contributed by atoms with Crippen LogP contribution in [0.25, 0.3) is 0 Å². The average Bonchev–Trinajstić information content (AvgIpc) is 3.14. The quantitative estimate of drug-likeness (QED) is 0.123. The summed E-state index contributed by atoms with van der Waals surface area (Å²) < 4.78 is 84.5. The van der Waals surface area contributed by atoms with Gasteiger partial charge < -0.3 is 4.74 Å². The number of carbonyl (C=O) groups is 1. The minimum Gasteiger partial charge on any atom is -0.497 e. The maximum atomic E-state index is 14.9. The van der Waals surface area contributed by atoms with E-state index in [1.807, 2.05) is 31.2 Å². The Morgan fingerprint density at radius 3 is 1.85 bits per heavy atom. The molecule has 5 nitrogen and oxygen atoms in total. The van der Waals surface area contributed by atoms with Crippen molar-refractivity contribution >= 4 is 38.0 Å². The van der Waals surface area contributed by atoms with Gasteiger partial charge in [0.15, 0.2) is 5.78 Å². The highest BCUT2D eigenvalue weighted by atomic mass is 32.3. The number of hydrogen-bond donors (Lipinski definition) is 0. The van der Waals surface area contributed by atoms with Crippen LogP contribution in [0.1, 0.15) is 32.6 Å². The molecule has 0 saturated carbocycles. The minimum atomic E-state index is -4.85. The first kappa shape index (κ1) is 37.0. The van der Waals surface area contributed by atoms with Gasteiger partial charge in [0.1, 0.15) is 5.75 Å². The summed E-state index contributed by atoms with van der Waals surface area (Å²) in [5, 5.41) is 0. The summed E-state index contributed by atoms with van der Waals surface area (Å²) >= 11 is 1.32. The zero-order chi connectivity index (χ0) is 37.1. The lowest BCUT2D eigenvalue weighted by atomic mass is 9.99. The second-order valence-corrected chi connectivity index (χ2v) is 17.3. The van der Waals surface area contributed by atoms with Gasteiger partial charge in [-0.2, -0.15) is 21.6 Å². The predicted molar refractivity (Wildman–Crippen MR) is 198 cm³/mol. The van der Waals surface area contributed by atoms with Crippen molar-refractivity contribution in [1.29, 1.82) is 0 Å². The first-order chi connectivity index (χ1) is 24.8. The van der Waals surface area contributed by atoms with E-state index in [9.17, 15) is 26.4 Å². The third kappa shape index (κ3) is 7.54. The van der Waals surface area contributed by atoms with Crippen molar-refractivity contribution in [2.45, 2.75) is 49.4 Å². The molecule has 0 heterocycles. The fraction of sp³-hybridized carbons (Fsp3) is 0.0976. The minimum absolute atomic E-state index is 0.140. The Bertz CT molecular complexity index is 2310. The molecule has 0 radical (unpaired) electrons. The van der Waals surface area contributed by atoms with Gasteiger partial charge in [-0.3, -0.25) is 4.79 Å². The summed E-state index contributed by atoms with van der Waals surface area (Å²) in [4.78, 5) is 14.9. The molecule has 11 heteroatoms. The van der Waals surface area contributed by atoms with E-state index >= 15 is 0 Å². The topological polar surface area (TPSA) is 69.7 Å². The standard InChI is InChI=1S/C41H33F3O5S3/c1-28-16-22-35(23-17-28)52(46,47)49-51(33-24-18-31(48-3)19-25-33,38-15-8-7-13-36(38)41(42,43)44)34-26-20-32(21-27-34)50-37-14-9-10-29(2)39(37)40(45)30-11-5-4-6-12-30/h4-27H,1-3H3. The monoisotopic (exact) mass is 758 g/mol. The Morgan fingerprint density at radius 2 is 1.23 bits per heavy atom. The molecular weight excluding hydrogens is 726 g/mol.